The lowest BCUT2D eigenvalue weighted by atomic mass is 10.1. The average Bonchev–Trinajstić information content (AvgIpc) is 3.34. The zero-order valence-electron chi connectivity index (χ0n) is 15.7. The molecule has 1 saturated heterocycles. The zero-order chi connectivity index (χ0) is 19.5. The van der Waals surface area contributed by atoms with E-state index in [1.807, 2.05) is 43.3 Å². The van der Waals surface area contributed by atoms with E-state index in [0.717, 1.165) is 54.3 Å². The summed E-state index contributed by atoms with van der Waals surface area (Å²) in [5.74, 6) is 1.55. The van der Waals surface area contributed by atoms with Crippen molar-refractivity contribution in [3.8, 4) is 11.5 Å². The van der Waals surface area contributed by atoms with Crippen molar-refractivity contribution in [1.29, 1.82) is 0 Å². The SMILES string of the molecule is Cc1ccc(NC(=S)N(Cc2ccc3c(c2)OCO3)C[C@H]2CCCO2)c(Cl)c1. The standard InChI is InChI=1S/C21H23ClN2O3S/c1-14-4-6-18(17(22)9-14)23-21(28)24(12-16-3-2-8-25-16)11-15-5-7-19-20(10-15)27-13-26-19/h4-7,9-10,16H,2-3,8,11-13H2,1H3,(H,23,28)/t16-/m1/s1. The highest BCUT2D eigenvalue weighted by atomic mass is 35.5. The summed E-state index contributed by atoms with van der Waals surface area (Å²) in [6.07, 6.45) is 2.32. The highest BCUT2D eigenvalue weighted by Crippen LogP contribution is 2.33. The van der Waals surface area contributed by atoms with Gasteiger partial charge in [-0.1, -0.05) is 23.7 Å². The third-order valence-corrected chi connectivity index (χ3v) is 5.58. The van der Waals surface area contributed by atoms with E-state index in [1.165, 1.54) is 0 Å². The molecule has 2 aromatic rings. The molecule has 1 fully saturated rings. The van der Waals surface area contributed by atoms with Gasteiger partial charge in [0.25, 0.3) is 0 Å². The molecule has 5 nitrogen and oxygen atoms in total. The number of halogens is 1. The number of fused-ring (bicyclic) bond motifs is 1. The predicted molar refractivity (Wildman–Crippen MR) is 114 cm³/mol. The number of rotatable bonds is 5. The topological polar surface area (TPSA) is 43.0 Å². The Balaban J connectivity index is 1.51. The molecule has 0 bridgehead atoms. The Kier molecular flexibility index (Phi) is 5.90. The van der Waals surface area contributed by atoms with E-state index in [1.54, 1.807) is 0 Å². The van der Waals surface area contributed by atoms with Crippen LogP contribution in [0.4, 0.5) is 5.69 Å². The fourth-order valence-corrected chi connectivity index (χ4v) is 3.96. The van der Waals surface area contributed by atoms with Crippen LogP contribution in [0, 0.1) is 6.92 Å². The van der Waals surface area contributed by atoms with Crippen molar-refractivity contribution in [3.05, 3.63) is 52.5 Å². The van der Waals surface area contributed by atoms with E-state index >= 15 is 0 Å². The molecule has 4 rings (SSSR count). The Morgan fingerprint density at radius 3 is 2.86 bits per heavy atom. The number of thiocarbonyl (C=S) groups is 1. The molecule has 28 heavy (non-hydrogen) atoms. The van der Waals surface area contributed by atoms with Crippen LogP contribution in [0.1, 0.15) is 24.0 Å². The van der Waals surface area contributed by atoms with Crippen LogP contribution in [0.15, 0.2) is 36.4 Å². The normalized spacial score (nSPS) is 17.6. The minimum absolute atomic E-state index is 0.183. The van der Waals surface area contributed by atoms with Gasteiger partial charge in [-0.3, -0.25) is 0 Å². The summed E-state index contributed by atoms with van der Waals surface area (Å²) in [4.78, 5) is 2.12. The van der Waals surface area contributed by atoms with E-state index < -0.39 is 0 Å². The summed E-state index contributed by atoms with van der Waals surface area (Å²) in [6.45, 7) is 4.46. The Bertz CT molecular complexity index is 871. The Morgan fingerprint density at radius 1 is 1.21 bits per heavy atom. The highest BCUT2D eigenvalue weighted by Gasteiger charge is 2.22. The van der Waals surface area contributed by atoms with Crippen LogP contribution in [-0.4, -0.2) is 36.1 Å². The van der Waals surface area contributed by atoms with E-state index in [4.69, 9.17) is 38.0 Å². The van der Waals surface area contributed by atoms with Gasteiger partial charge in [0.2, 0.25) is 6.79 Å². The molecular weight excluding hydrogens is 396 g/mol. The molecule has 0 spiro atoms. The molecule has 1 atom stereocenters. The first-order valence-corrected chi connectivity index (χ1v) is 10.2. The molecule has 2 heterocycles. The second kappa shape index (κ2) is 8.55. The molecular formula is C21H23ClN2O3S. The Labute approximate surface area is 175 Å². The van der Waals surface area contributed by atoms with Gasteiger partial charge in [-0.05, 0) is 67.4 Å². The van der Waals surface area contributed by atoms with Crippen molar-refractivity contribution in [3.63, 3.8) is 0 Å². The molecule has 1 N–H and O–H groups in total. The van der Waals surface area contributed by atoms with E-state index in [-0.39, 0.29) is 12.9 Å². The number of aryl methyl sites for hydroxylation is 1. The molecule has 2 aliphatic heterocycles. The zero-order valence-corrected chi connectivity index (χ0v) is 17.3. The minimum atomic E-state index is 0.183. The lowest BCUT2D eigenvalue weighted by Crippen LogP contribution is -2.39. The molecule has 148 valence electrons. The minimum Gasteiger partial charge on any atom is -0.454 e. The lowest BCUT2D eigenvalue weighted by Gasteiger charge is -2.28. The molecule has 0 aromatic heterocycles. The number of nitrogens with zero attached hydrogens (tertiary/aromatic N) is 1. The monoisotopic (exact) mass is 418 g/mol. The number of nitrogens with one attached hydrogen (secondary N) is 1. The van der Waals surface area contributed by atoms with Crippen LogP contribution in [-0.2, 0) is 11.3 Å². The van der Waals surface area contributed by atoms with E-state index in [2.05, 4.69) is 10.2 Å². The van der Waals surface area contributed by atoms with Crippen LogP contribution < -0.4 is 14.8 Å². The second-order valence-electron chi connectivity index (χ2n) is 7.12. The van der Waals surface area contributed by atoms with Crippen LogP contribution in [0.5, 0.6) is 11.5 Å². The summed E-state index contributed by atoms with van der Waals surface area (Å²) in [6, 6.07) is 11.9. The molecule has 0 amide bonds. The number of hydrogen-bond acceptors (Lipinski definition) is 4. The van der Waals surface area contributed by atoms with Gasteiger partial charge in [-0.25, -0.2) is 0 Å². The number of ether oxygens (including phenoxy) is 3. The van der Waals surface area contributed by atoms with Crippen LogP contribution >= 0.6 is 23.8 Å². The third-order valence-electron chi connectivity index (χ3n) is 4.91. The summed E-state index contributed by atoms with van der Waals surface area (Å²) < 4.78 is 16.7. The molecule has 7 heteroatoms. The van der Waals surface area contributed by atoms with Gasteiger partial charge in [0.05, 0.1) is 16.8 Å². The largest absolute Gasteiger partial charge is 0.454 e. The van der Waals surface area contributed by atoms with E-state index in [0.29, 0.717) is 16.7 Å². The molecule has 0 unspecified atom stereocenters. The number of benzene rings is 2. The van der Waals surface area contributed by atoms with Gasteiger partial charge < -0.3 is 24.4 Å². The van der Waals surface area contributed by atoms with E-state index in [9.17, 15) is 0 Å². The van der Waals surface area contributed by atoms with Crippen molar-refractivity contribution < 1.29 is 14.2 Å². The van der Waals surface area contributed by atoms with Gasteiger partial charge in [-0.2, -0.15) is 0 Å². The Morgan fingerprint density at radius 2 is 2.07 bits per heavy atom. The first-order valence-electron chi connectivity index (χ1n) is 9.41. The number of hydrogen-bond donors (Lipinski definition) is 1. The maximum absolute atomic E-state index is 6.38. The highest BCUT2D eigenvalue weighted by molar-refractivity contribution is 7.80. The molecule has 0 aliphatic carbocycles. The Hall–Kier alpha value is -2.02. The molecule has 0 saturated carbocycles. The van der Waals surface area contributed by atoms with Gasteiger partial charge in [0, 0.05) is 19.7 Å². The maximum Gasteiger partial charge on any atom is 0.231 e. The van der Waals surface area contributed by atoms with Crippen molar-refractivity contribution in [1.82, 2.24) is 4.90 Å². The predicted octanol–water partition coefficient (Wildman–Crippen LogP) is 4.76. The van der Waals surface area contributed by atoms with Gasteiger partial charge >= 0.3 is 0 Å². The van der Waals surface area contributed by atoms with Crippen LogP contribution in [0.3, 0.4) is 0 Å². The molecule has 2 aliphatic rings. The summed E-state index contributed by atoms with van der Waals surface area (Å²) >= 11 is 12.1. The first-order chi connectivity index (χ1) is 13.6. The average molecular weight is 419 g/mol. The summed E-state index contributed by atoms with van der Waals surface area (Å²) in [5.41, 5.74) is 3.01. The van der Waals surface area contributed by atoms with Gasteiger partial charge in [0.1, 0.15) is 0 Å². The summed E-state index contributed by atoms with van der Waals surface area (Å²) in [7, 11) is 0. The van der Waals surface area contributed by atoms with Crippen molar-refractivity contribution in [2.45, 2.75) is 32.4 Å². The number of anilines is 1. The van der Waals surface area contributed by atoms with Crippen LogP contribution in [0.2, 0.25) is 5.02 Å². The molecule has 0 radical (unpaired) electrons. The lowest BCUT2D eigenvalue weighted by molar-refractivity contribution is 0.0905. The quantitative estimate of drug-likeness (QED) is 0.706. The van der Waals surface area contributed by atoms with Gasteiger partial charge in [-0.15, -0.1) is 0 Å². The van der Waals surface area contributed by atoms with Crippen molar-refractivity contribution >= 4 is 34.6 Å². The maximum atomic E-state index is 6.38. The van der Waals surface area contributed by atoms with Gasteiger partial charge in [0.15, 0.2) is 16.6 Å². The van der Waals surface area contributed by atoms with Crippen molar-refractivity contribution in [2.75, 3.05) is 25.3 Å². The van der Waals surface area contributed by atoms with Crippen molar-refractivity contribution in [2.24, 2.45) is 0 Å². The third kappa shape index (κ3) is 4.51. The summed E-state index contributed by atoms with van der Waals surface area (Å²) in [5, 5.41) is 4.58. The molecule has 2 aromatic carbocycles. The fraction of sp³-hybridized carbons (Fsp3) is 0.381. The first kappa shape index (κ1) is 19.3. The second-order valence-corrected chi connectivity index (χ2v) is 7.91. The smallest absolute Gasteiger partial charge is 0.231 e. The fourth-order valence-electron chi connectivity index (χ4n) is 3.43. The van der Waals surface area contributed by atoms with Crippen LogP contribution in [0.25, 0.3) is 0 Å².